The number of nitrogens with one attached hydrogen (secondary N) is 1. The van der Waals surface area contributed by atoms with E-state index >= 15 is 0 Å². The summed E-state index contributed by atoms with van der Waals surface area (Å²) in [7, 11) is 0. The summed E-state index contributed by atoms with van der Waals surface area (Å²) in [6.07, 6.45) is 1.85. The van der Waals surface area contributed by atoms with Crippen LogP contribution in [-0.4, -0.2) is 23.6 Å². The number of aromatic hydroxyl groups is 1. The Morgan fingerprint density at radius 2 is 1.66 bits per heavy atom. The summed E-state index contributed by atoms with van der Waals surface area (Å²) >= 11 is 3.48. The molecule has 8 heteroatoms. The number of carbonyl (C=O) groups is 2. The number of rotatable bonds is 4. The Morgan fingerprint density at radius 3 is 2.22 bits per heavy atom. The molecule has 2 N–H and O–H groups in total. The van der Waals surface area contributed by atoms with Crippen LogP contribution in [0.5, 0.6) is 5.75 Å². The standard InChI is InChI=1S/C24H26BrF2NO4/c1-6-32-22(31)17-14(26)9-12(10-15(17)27)21(30)28-16-11-13-18(19(25)20(16)29)24(4,5)8-7-23(13,2)3/h9-11,29H,6-8H2,1-5H3,(H,28,30). The molecule has 172 valence electrons. The Balaban J connectivity index is 2.01. The number of esters is 1. The maximum atomic E-state index is 14.4. The van der Waals surface area contributed by atoms with E-state index in [9.17, 15) is 23.5 Å². The van der Waals surface area contributed by atoms with E-state index in [1.807, 2.05) is 0 Å². The minimum atomic E-state index is -1.20. The molecule has 1 aliphatic rings. The van der Waals surface area contributed by atoms with Crippen LogP contribution in [0.15, 0.2) is 22.7 Å². The predicted molar refractivity (Wildman–Crippen MR) is 121 cm³/mol. The van der Waals surface area contributed by atoms with Crippen molar-refractivity contribution in [2.24, 2.45) is 0 Å². The zero-order valence-corrected chi connectivity index (χ0v) is 20.2. The maximum Gasteiger partial charge on any atom is 0.344 e. The molecular formula is C24H26BrF2NO4. The molecule has 0 saturated carbocycles. The summed E-state index contributed by atoms with van der Waals surface area (Å²) in [5.41, 5.74) is 0.511. The van der Waals surface area contributed by atoms with Crippen molar-refractivity contribution in [3.63, 3.8) is 0 Å². The summed E-state index contributed by atoms with van der Waals surface area (Å²) in [4.78, 5) is 24.5. The zero-order valence-electron chi connectivity index (χ0n) is 18.7. The number of ether oxygens (including phenoxy) is 1. The summed E-state index contributed by atoms with van der Waals surface area (Å²) in [5.74, 6) is -4.53. The van der Waals surface area contributed by atoms with Crippen molar-refractivity contribution in [3.8, 4) is 5.75 Å². The van der Waals surface area contributed by atoms with E-state index in [0.717, 1.165) is 36.1 Å². The van der Waals surface area contributed by atoms with Crippen molar-refractivity contribution in [1.82, 2.24) is 0 Å². The smallest absolute Gasteiger partial charge is 0.344 e. The molecule has 0 unspecified atom stereocenters. The van der Waals surface area contributed by atoms with Crippen molar-refractivity contribution >= 4 is 33.5 Å². The van der Waals surface area contributed by atoms with Crippen LogP contribution >= 0.6 is 15.9 Å². The molecule has 5 nitrogen and oxygen atoms in total. The first-order chi connectivity index (χ1) is 14.8. The first kappa shape index (κ1) is 24.2. The molecule has 0 bridgehead atoms. The number of fused-ring (bicyclic) bond motifs is 1. The molecule has 0 heterocycles. The number of phenolic OH excluding ortho intramolecular Hbond substituents is 1. The number of hydrogen-bond donors (Lipinski definition) is 2. The number of halogens is 3. The molecule has 2 aromatic rings. The van der Waals surface area contributed by atoms with Gasteiger partial charge in [-0.1, -0.05) is 27.7 Å². The number of hydrogen-bond acceptors (Lipinski definition) is 4. The maximum absolute atomic E-state index is 14.4. The van der Waals surface area contributed by atoms with E-state index in [2.05, 4.69) is 53.7 Å². The number of anilines is 1. The van der Waals surface area contributed by atoms with Crippen LogP contribution in [0.3, 0.4) is 0 Å². The van der Waals surface area contributed by atoms with Crippen LogP contribution in [0.25, 0.3) is 0 Å². The molecule has 1 aliphatic carbocycles. The molecule has 0 saturated heterocycles. The third-order valence-electron chi connectivity index (χ3n) is 6.05. The summed E-state index contributed by atoms with van der Waals surface area (Å²) < 4.78 is 33.9. The third-order valence-corrected chi connectivity index (χ3v) is 6.83. The van der Waals surface area contributed by atoms with Gasteiger partial charge >= 0.3 is 5.97 Å². The van der Waals surface area contributed by atoms with Gasteiger partial charge in [-0.2, -0.15) is 0 Å². The second-order valence-electron chi connectivity index (χ2n) is 9.27. The number of benzene rings is 2. The highest BCUT2D eigenvalue weighted by Crippen LogP contribution is 2.52. The first-order valence-electron chi connectivity index (χ1n) is 10.3. The highest BCUT2D eigenvalue weighted by molar-refractivity contribution is 9.10. The molecule has 0 fully saturated rings. The Labute approximate surface area is 194 Å². The number of carbonyl (C=O) groups excluding carboxylic acids is 2. The molecule has 3 rings (SSSR count). The molecule has 1 amide bonds. The molecule has 0 aliphatic heterocycles. The minimum Gasteiger partial charge on any atom is -0.505 e. The molecule has 2 aromatic carbocycles. The second kappa shape index (κ2) is 8.46. The van der Waals surface area contributed by atoms with Crippen molar-refractivity contribution in [1.29, 1.82) is 0 Å². The van der Waals surface area contributed by atoms with Crippen LogP contribution < -0.4 is 5.32 Å². The van der Waals surface area contributed by atoms with Crippen molar-refractivity contribution in [3.05, 3.63) is 56.6 Å². The van der Waals surface area contributed by atoms with Gasteiger partial charge in [-0.25, -0.2) is 13.6 Å². The molecule has 0 atom stereocenters. The fourth-order valence-electron chi connectivity index (χ4n) is 4.11. The van der Waals surface area contributed by atoms with Crippen molar-refractivity contribution in [2.45, 2.75) is 58.3 Å². The lowest BCUT2D eigenvalue weighted by Gasteiger charge is -2.42. The monoisotopic (exact) mass is 509 g/mol. The SMILES string of the molecule is CCOC(=O)c1c(F)cc(C(=O)Nc2cc3c(c(Br)c2O)C(C)(C)CCC3(C)C)cc1F. The second-order valence-corrected chi connectivity index (χ2v) is 10.1. The van der Waals surface area contributed by atoms with Crippen LogP contribution in [0, 0.1) is 11.6 Å². The van der Waals surface area contributed by atoms with E-state index in [1.54, 1.807) is 6.07 Å². The largest absolute Gasteiger partial charge is 0.505 e. The zero-order chi connectivity index (χ0) is 24.0. The van der Waals surface area contributed by atoms with Crippen LogP contribution in [-0.2, 0) is 15.6 Å². The Morgan fingerprint density at radius 1 is 1.09 bits per heavy atom. The average Bonchev–Trinajstić information content (AvgIpc) is 2.68. The Kier molecular flexibility index (Phi) is 6.39. The highest BCUT2D eigenvalue weighted by Gasteiger charge is 2.40. The quantitative estimate of drug-likeness (QED) is 0.379. The summed E-state index contributed by atoms with van der Waals surface area (Å²) in [5, 5.41) is 13.3. The van der Waals surface area contributed by atoms with Gasteiger partial charge in [-0.15, -0.1) is 0 Å². The fraction of sp³-hybridized carbons (Fsp3) is 0.417. The molecule has 32 heavy (non-hydrogen) atoms. The van der Waals surface area contributed by atoms with Crippen LogP contribution in [0.1, 0.15) is 79.3 Å². The third kappa shape index (κ3) is 4.25. The number of phenols is 1. The van der Waals surface area contributed by atoms with E-state index in [4.69, 9.17) is 0 Å². The lowest BCUT2D eigenvalue weighted by molar-refractivity contribution is 0.0515. The van der Waals surface area contributed by atoms with Gasteiger partial charge in [-0.3, -0.25) is 4.79 Å². The molecule has 0 radical (unpaired) electrons. The topological polar surface area (TPSA) is 75.6 Å². The van der Waals surface area contributed by atoms with E-state index in [-0.39, 0.29) is 34.4 Å². The van der Waals surface area contributed by atoms with Gasteiger partial charge in [0.1, 0.15) is 17.2 Å². The van der Waals surface area contributed by atoms with Gasteiger partial charge in [0.05, 0.1) is 16.8 Å². The molecular weight excluding hydrogens is 484 g/mol. The average molecular weight is 510 g/mol. The number of amides is 1. The summed E-state index contributed by atoms with van der Waals surface area (Å²) in [6.45, 7) is 9.85. The Hall–Kier alpha value is -2.48. The van der Waals surface area contributed by atoms with Gasteiger partial charge in [0.15, 0.2) is 5.75 Å². The fourth-order valence-corrected chi connectivity index (χ4v) is 5.08. The van der Waals surface area contributed by atoms with Crippen LogP contribution in [0.4, 0.5) is 14.5 Å². The van der Waals surface area contributed by atoms with E-state index in [0.29, 0.717) is 4.47 Å². The molecule has 0 spiro atoms. The summed E-state index contributed by atoms with van der Waals surface area (Å²) in [6, 6.07) is 3.25. The van der Waals surface area contributed by atoms with Crippen molar-refractivity contribution < 1.29 is 28.2 Å². The normalized spacial score (nSPS) is 16.2. The van der Waals surface area contributed by atoms with Gasteiger partial charge in [-0.05, 0) is 75.9 Å². The van der Waals surface area contributed by atoms with Gasteiger partial charge in [0.2, 0.25) is 0 Å². The Bertz CT molecular complexity index is 1090. The van der Waals surface area contributed by atoms with Crippen molar-refractivity contribution in [2.75, 3.05) is 11.9 Å². The van der Waals surface area contributed by atoms with Gasteiger partial charge < -0.3 is 15.2 Å². The first-order valence-corrected chi connectivity index (χ1v) is 11.1. The minimum absolute atomic E-state index is 0.0421. The van der Waals surface area contributed by atoms with Gasteiger partial charge in [0, 0.05) is 5.56 Å². The lowest BCUT2D eigenvalue weighted by Crippen LogP contribution is -2.34. The molecule has 0 aromatic heterocycles. The predicted octanol–water partition coefficient (Wildman–Crippen LogP) is 6.21. The lowest BCUT2D eigenvalue weighted by atomic mass is 9.63. The van der Waals surface area contributed by atoms with Gasteiger partial charge in [0.25, 0.3) is 5.91 Å². The van der Waals surface area contributed by atoms with E-state index < -0.39 is 29.1 Å². The highest BCUT2D eigenvalue weighted by atomic mass is 79.9. The van der Waals surface area contributed by atoms with E-state index in [1.165, 1.54) is 6.92 Å². The van der Waals surface area contributed by atoms with Crippen LogP contribution in [0.2, 0.25) is 0 Å².